The Kier molecular flexibility index (Phi) is 2.53. The Labute approximate surface area is 105 Å². The Morgan fingerprint density at radius 2 is 2.06 bits per heavy atom. The lowest BCUT2D eigenvalue weighted by Crippen LogP contribution is -2.08. The summed E-state index contributed by atoms with van der Waals surface area (Å²) in [5.41, 5.74) is 0.883. The molecule has 3 atom stereocenters. The van der Waals surface area contributed by atoms with Gasteiger partial charge in [-0.05, 0) is 17.7 Å². The number of aliphatic hydroxyl groups is 1. The normalized spacial score (nSPS) is 29.3. The summed E-state index contributed by atoms with van der Waals surface area (Å²) in [6.07, 6.45) is 1.22. The van der Waals surface area contributed by atoms with E-state index in [1.165, 1.54) is 6.26 Å². The van der Waals surface area contributed by atoms with Gasteiger partial charge < -0.3 is 14.6 Å². The van der Waals surface area contributed by atoms with Gasteiger partial charge in [-0.1, -0.05) is 6.07 Å². The highest BCUT2D eigenvalue weighted by molar-refractivity contribution is 7.91. The Morgan fingerprint density at radius 1 is 1.33 bits per heavy atom. The maximum atomic E-state index is 11.6. The van der Waals surface area contributed by atoms with Gasteiger partial charge in [0, 0.05) is 24.7 Å². The van der Waals surface area contributed by atoms with Crippen LogP contribution in [0, 0.1) is 5.92 Å². The number of ether oxygens (including phenoxy) is 2. The van der Waals surface area contributed by atoms with Gasteiger partial charge in [0.1, 0.15) is 0 Å². The van der Waals surface area contributed by atoms with Crippen LogP contribution in [0.1, 0.15) is 11.5 Å². The van der Waals surface area contributed by atoms with Crippen molar-refractivity contribution in [2.45, 2.75) is 11.2 Å². The summed E-state index contributed by atoms with van der Waals surface area (Å²) >= 11 is 0. The van der Waals surface area contributed by atoms with Crippen molar-refractivity contribution in [1.29, 1.82) is 0 Å². The number of benzene rings is 1. The Bertz CT molecular complexity index is 580. The summed E-state index contributed by atoms with van der Waals surface area (Å²) < 4.78 is 33.7. The van der Waals surface area contributed by atoms with Crippen molar-refractivity contribution in [3.8, 4) is 11.5 Å². The molecular formula is C12H14O5S. The summed E-state index contributed by atoms with van der Waals surface area (Å²) in [5.74, 6) is 0.971. The van der Waals surface area contributed by atoms with Gasteiger partial charge in [-0.3, -0.25) is 0 Å². The molecular weight excluding hydrogens is 256 g/mol. The van der Waals surface area contributed by atoms with Gasteiger partial charge in [0.25, 0.3) is 0 Å². The molecule has 5 nitrogen and oxygen atoms in total. The first-order valence-corrected chi connectivity index (χ1v) is 7.67. The second-order valence-electron chi connectivity index (χ2n) is 4.78. The summed E-state index contributed by atoms with van der Waals surface area (Å²) in [7, 11) is -3.13. The third kappa shape index (κ3) is 1.76. The fourth-order valence-electron chi connectivity index (χ4n) is 2.70. The molecule has 1 aliphatic heterocycles. The van der Waals surface area contributed by atoms with E-state index in [1.807, 2.05) is 6.07 Å². The average Bonchev–Trinajstić information content (AvgIpc) is 2.90. The van der Waals surface area contributed by atoms with Crippen LogP contribution in [0.2, 0.25) is 0 Å². The summed E-state index contributed by atoms with van der Waals surface area (Å²) in [6.45, 7) is 0.0826. The minimum atomic E-state index is -3.13. The van der Waals surface area contributed by atoms with Crippen LogP contribution >= 0.6 is 0 Å². The van der Waals surface area contributed by atoms with Crippen LogP contribution in [-0.4, -0.2) is 38.4 Å². The molecule has 2 aliphatic rings. The lowest BCUT2D eigenvalue weighted by molar-refractivity contribution is 0.174. The van der Waals surface area contributed by atoms with Crippen LogP contribution in [0.25, 0.3) is 0 Å². The van der Waals surface area contributed by atoms with E-state index < -0.39 is 15.1 Å². The van der Waals surface area contributed by atoms with Crippen LogP contribution in [-0.2, 0) is 9.84 Å². The SMILES string of the molecule is CS(=O)(=O)[C@@H]1[C@@H](CO)[C@@H]1c1ccc2c(c1)OCO2. The number of hydrogen-bond acceptors (Lipinski definition) is 5. The number of sulfone groups is 1. The monoisotopic (exact) mass is 270 g/mol. The van der Waals surface area contributed by atoms with E-state index in [0.29, 0.717) is 11.5 Å². The molecule has 1 saturated carbocycles. The quantitative estimate of drug-likeness (QED) is 0.867. The number of fused-ring (bicyclic) bond motifs is 1. The number of hydrogen-bond donors (Lipinski definition) is 1. The van der Waals surface area contributed by atoms with Crippen molar-refractivity contribution >= 4 is 9.84 Å². The zero-order valence-corrected chi connectivity index (χ0v) is 10.7. The first-order chi connectivity index (χ1) is 8.52. The number of rotatable bonds is 3. The molecule has 0 aromatic heterocycles. The summed E-state index contributed by atoms with van der Waals surface area (Å²) in [5, 5.41) is 8.76. The van der Waals surface area contributed by atoms with Gasteiger partial charge in [-0.25, -0.2) is 8.42 Å². The average molecular weight is 270 g/mol. The van der Waals surface area contributed by atoms with Crippen molar-refractivity contribution in [3.63, 3.8) is 0 Å². The maximum absolute atomic E-state index is 11.6. The molecule has 1 N–H and O–H groups in total. The fraction of sp³-hybridized carbons (Fsp3) is 0.500. The van der Waals surface area contributed by atoms with Gasteiger partial charge in [-0.2, -0.15) is 0 Å². The molecule has 1 aromatic rings. The zero-order valence-electron chi connectivity index (χ0n) is 9.87. The minimum Gasteiger partial charge on any atom is -0.454 e. The first-order valence-electron chi connectivity index (χ1n) is 5.71. The molecule has 18 heavy (non-hydrogen) atoms. The molecule has 0 spiro atoms. The van der Waals surface area contributed by atoms with E-state index in [4.69, 9.17) is 9.47 Å². The highest BCUT2D eigenvalue weighted by atomic mass is 32.2. The molecule has 98 valence electrons. The van der Waals surface area contributed by atoms with E-state index >= 15 is 0 Å². The molecule has 1 fully saturated rings. The summed E-state index contributed by atoms with van der Waals surface area (Å²) in [6, 6.07) is 5.43. The van der Waals surface area contributed by atoms with Crippen molar-refractivity contribution in [1.82, 2.24) is 0 Å². The molecule has 1 aromatic carbocycles. The molecule has 0 bridgehead atoms. The molecule has 6 heteroatoms. The van der Waals surface area contributed by atoms with E-state index in [9.17, 15) is 13.5 Å². The van der Waals surface area contributed by atoms with Crippen LogP contribution in [0.5, 0.6) is 11.5 Å². The fourth-order valence-corrected chi connectivity index (χ4v) is 4.39. The van der Waals surface area contributed by atoms with Gasteiger partial charge in [0.2, 0.25) is 6.79 Å². The number of aliphatic hydroxyl groups excluding tert-OH is 1. The largest absolute Gasteiger partial charge is 0.454 e. The Balaban J connectivity index is 1.92. The highest BCUT2D eigenvalue weighted by Gasteiger charge is 2.56. The topological polar surface area (TPSA) is 72.8 Å². The molecule has 0 amide bonds. The predicted octanol–water partition coefficient (Wildman–Crippen LogP) is 0.534. The van der Waals surface area contributed by atoms with Crippen molar-refractivity contribution < 1.29 is 23.0 Å². The Morgan fingerprint density at radius 3 is 2.67 bits per heavy atom. The molecule has 0 saturated heterocycles. The third-order valence-electron chi connectivity index (χ3n) is 3.58. The molecule has 1 aliphatic carbocycles. The van der Waals surface area contributed by atoms with Crippen molar-refractivity contribution in [3.05, 3.63) is 23.8 Å². The van der Waals surface area contributed by atoms with Gasteiger partial charge in [0.15, 0.2) is 21.3 Å². The van der Waals surface area contributed by atoms with Crippen LogP contribution in [0.15, 0.2) is 18.2 Å². The van der Waals surface area contributed by atoms with Gasteiger partial charge in [0.05, 0.1) is 5.25 Å². The van der Waals surface area contributed by atoms with E-state index in [2.05, 4.69) is 0 Å². The lowest BCUT2D eigenvalue weighted by atomic mass is 10.1. The second kappa shape index (κ2) is 3.86. The van der Waals surface area contributed by atoms with Crippen LogP contribution < -0.4 is 9.47 Å². The standard InChI is InChI=1S/C12H14O5S/c1-18(14,15)12-8(5-13)11(12)7-2-3-9-10(4-7)17-6-16-9/h2-4,8,11-13H,5-6H2,1H3/t8-,11-,12+/m0/s1. The van der Waals surface area contributed by atoms with Crippen LogP contribution in [0.4, 0.5) is 0 Å². The predicted molar refractivity (Wildman–Crippen MR) is 64.5 cm³/mol. The van der Waals surface area contributed by atoms with E-state index in [1.54, 1.807) is 12.1 Å². The lowest BCUT2D eigenvalue weighted by Gasteiger charge is -2.02. The minimum absolute atomic E-state index is 0.114. The summed E-state index contributed by atoms with van der Waals surface area (Å²) in [4.78, 5) is 0. The maximum Gasteiger partial charge on any atom is 0.231 e. The van der Waals surface area contributed by atoms with Gasteiger partial charge in [-0.15, -0.1) is 0 Å². The molecule has 1 heterocycles. The first kappa shape index (κ1) is 11.8. The van der Waals surface area contributed by atoms with Crippen molar-refractivity contribution in [2.24, 2.45) is 5.92 Å². The second-order valence-corrected chi connectivity index (χ2v) is 6.98. The Hall–Kier alpha value is -1.27. The molecule has 3 rings (SSSR count). The highest BCUT2D eigenvalue weighted by Crippen LogP contribution is 2.53. The van der Waals surface area contributed by atoms with E-state index in [-0.39, 0.29) is 25.2 Å². The molecule has 0 unspecified atom stereocenters. The zero-order chi connectivity index (χ0) is 12.9. The van der Waals surface area contributed by atoms with Crippen molar-refractivity contribution in [2.75, 3.05) is 19.7 Å². The smallest absolute Gasteiger partial charge is 0.231 e. The third-order valence-corrected chi connectivity index (χ3v) is 5.21. The van der Waals surface area contributed by atoms with E-state index in [0.717, 1.165) is 5.56 Å². The van der Waals surface area contributed by atoms with Gasteiger partial charge >= 0.3 is 0 Å². The van der Waals surface area contributed by atoms with Crippen LogP contribution in [0.3, 0.4) is 0 Å². The molecule has 0 radical (unpaired) electrons.